The molecule has 0 heterocycles. The highest BCUT2D eigenvalue weighted by Crippen LogP contribution is 2.36. The van der Waals surface area contributed by atoms with Gasteiger partial charge >= 0.3 is 11.9 Å². The Kier molecular flexibility index (Phi) is 8.54. The molecule has 0 saturated carbocycles. The molecule has 6 nitrogen and oxygen atoms in total. The van der Waals surface area contributed by atoms with E-state index in [0.29, 0.717) is 13.0 Å². The van der Waals surface area contributed by atoms with Crippen molar-refractivity contribution in [2.45, 2.75) is 46.0 Å². The predicted octanol–water partition coefficient (Wildman–Crippen LogP) is 2.27. The summed E-state index contributed by atoms with van der Waals surface area (Å²) in [5.41, 5.74) is -2.27. The maximum absolute atomic E-state index is 11.9. The van der Waals surface area contributed by atoms with Gasteiger partial charge in [0.2, 0.25) is 0 Å². The number of aliphatic carboxylic acids is 2. The Labute approximate surface area is 124 Å². The van der Waals surface area contributed by atoms with Gasteiger partial charge in [-0.05, 0) is 19.8 Å². The van der Waals surface area contributed by atoms with Gasteiger partial charge in [-0.25, -0.2) is 4.79 Å². The summed E-state index contributed by atoms with van der Waals surface area (Å²) in [6.07, 6.45) is 1.26. The van der Waals surface area contributed by atoms with Gasteiger partial charge in [0.25, 0.3) is 0 Å². The summed E-state index contributed by atoms with van der Waals surface area (Å²) in [4.78, 5) is 34.7. The second-order valence-corrected chi connectivity index (χ2v) is 4.94. The highest BCUT2D eigenvalue weighted by atomic mass is 16.5. The van der Waals surface area contributed by atoms with Crippen molar-refractivity contribution in [3.05, 3.63) is 12.2 Å². The first-order chi connectivity index (χ1) is 9.81. The Balaban J connectivity index is 5.27. The molecule has 2 N–H and O–H groups in total. The molecule has 1 unspecified atom stereocenters. The third-order valence-corrected chi connectivity index (χ3v) is 3.43. The average Bonchev–Trinajstić information content (AvgIpc) is 2.42. The number of carbonyl (C=O) groups is 3. The number of hydrogen-bond donors (Lipinski definition) is 2. The highest BCUT2D eigenvalue weighted by molar-refractivity contribution is 5.99. The Hall–Kier alpha value is -1.69. The van der Waals surface area contributed by atoms with Gasteiger partial charge in [-0.3, -0.25) is 9.59 Å². The molecule has 0 aromatic heterocycles. The lowest BCUT2D eigenvalue weighted by molar-refractivity contribution is -0.153. The number of hydrogen-bond acceptors (Lipinski definition) is 4. The van der Waals surface area contributed by atoms with E-state index in [1.165, 1.54) is 0 Å². The zero-order valence-electron chi connectivity index (χ0n) is 12.7. The minimum Gasteiger partial charge on any atom is -0.481 e. The number of ether oxygens (including phenoxy) is 1. The molecule has 0 aliphatic heterocycles. The van der Waals surface area contributed by atoms with Crippen molar-refractivity contribution < 1.29 is 29.3 Å². The highest BCUT2D eigenvalue weighted by Gasteiger charge is 2.45. The molecular weight excluding hydrogens is 276 g/mol. The minimum absolute atomic E-state index is 0.0656. The van der Waals surface area contributed by atoms with Crippen LogP contribution in [0, 0.1) is 5.41 Å². The first-order valence-electron chi connectivity index (χ1n) is 7.07. The Morgan fingerprint density at radius 2 is 1.81 bits per heavy atom. The summed E-state index contributed by atoms with van der Waals surface area (Å²) >= 11 is 0. The second kappa shape index (κ2) is 9.28. The normalized spacial score (nSPS) is 13.4. The van der Waals surface area contributed by atoms with Crippen LogP contribution >= 0.6 is 0 Å². The summed E-state index contributed by atoms with van der Waals surface area (Å²) in [7, 11) is 0. The van der Waals surface area contributed by atoms with Crippen molar-refractivity contribution in [3.63, 3.8) is 0 Å². The number of unbranched alkanes of at least 4 members (excludes halogenated alkanes) is 1. The van der Waals surface area contributed by atoms with E-state index in [9.17, 15) is 19.5 Å². The molecule has 120 valence electrons. The number of carbonyl (C=O) groups excluding carboxylic acids is 1. The van der Waals surface area contributed by atoms with E-state index in [2.05, 4.69) is 6.58 Å². The van der Waals surface area contributed by atoms with Crippen molar-refractivity contribution in [1.29, 1.82) is 0 Å². The zero-order valence-corrected chi connectivity index (χ0v) is 12.7. The fraction of sp³-hybridized carbons (Fsp3) is 0.667. The molecule has 0 fully saturated rings. The Bertz CT molecular complexity index is 401. The third-order valence-electron chi connectivity index (χ3n) is 3.43. The fourth-order valence-corrected chi connectivity index (χ4v) is 2.05. The van der Waals surface area contributed by atoms with Crippen molar-refractivity contribution in [3.8, 4) is 0 Å². The van der Waals surface area contributed by atoms with Crippen LogP contribution in [-0.2, 0) is 19.1 Å². The number of carboxylic acid groups (broad SMARTS) is 2. The van der Waals surface area contributed by atoms with Gasteiger partial charge in [0.1, 0.15) is 11.2 Å². The van der Waals surface area contributed by atoms with Crippen LogP contribution in [0.4, 0.5) is 0 Å². The maximum Gasteiger partial charge on any atom is 0.332 e. The molecule has 0 aromatic rings. The smallest absolute Gasteiger partial charge is 0.332 e. The van der Waals surface area contributed by atoms with Crippen LogP contribution in [0.3, 0.4) is 0 Å². The number of carboxylic acids is 2. The summed E-state index contributed by atoms with van der Waals surface area (Å²) in [6, 6.07) is 0. The SMILES string of the molecule is C=C(C(=O)O)C(CCOCC)(CC(=O)CCCC)C(=O)O. The second-order valence-electron chi connectivity index (χ2n) is 4.94. The van der Waals surface area contributed by atoms with Gasteiger partial charge in [0.05, 0.1) is 0 Å². The molecule has 0 amide bonds. The van der Waals surface area contributed by atoms with E-state index in [1.54, 1.807) is 6.92 Å². The molecule has 0 spiro atoms. The van der Waals surface area contributed by atoms with Crippen LogP contribution in [0.5, 0.6) is 0 Å². The van der Waals surface area contributed by atoms with E-state index in [1.807, 2.05) is 6.92 Å². The van der Waals surface area contributed by atoms with Crippen molar-refractivity contribution in [2.75, 3.05) is 13.2 Å². The van der Waals surface area contributed by atoms with Gasteiger partial charge < -0.3 is 14.9 Å². The monoisotopic (exact) mass is 300 g/mol. The molecule has 6 heteroatoms. The summed E-state index contributed by atoms with van der Waals surface area (Å²) in [5, 5.41) is 18.6. The molecule has 0 saturated heterocycles. The molecule has 0 radical (unpaired) electrons. The molecule has 21 heavy (non-hydrogen) atoms. The van der Waals surface area contributed by atoms with Crippen molar-refractivity contribution >= 4 is 17.7 Å². The van der Waals surface area contributed by atoms with E-state index >= 15 is 0 Å². The molecule has 1 atom stereocenters. The van der Waals surface area contributed by atoms with E-state index in [0.717, 1.165) is 6.42 Å². The molecule has 0 aliphatic rings. The van der Waals surface area contributed by atoms with Gasteiger partial charge in [0, 0.05) is 31.6 Å². The zero-order chi connectivity index (χ0) is 16.5. The molecule has 0 aromatic carbocycles. The van der Waals surface area contributed by atoms with Crippen LogP contribution < -0.4 is 0 Å². The largest absolute Gasteiger partial charge is 0.481 e. The fourth-order valence-electron chi connectivity index (χ4n) is 2.05. The van der Waals surface area contributed by atoms with E-state index in [4.69, 9.17) is 9.84 Å². The molecule has 0 rings (SSSR count). The lowest BCUT2D eigenvalue weighted by Gasteiger charge is -2.29. The lowest BCUT2D eigenvalue weighted by atomic mass is 9.73. The molecule has 0 bridgehead atoms. The van der Waals surface area contributed by atoms with Gasteiger partial charge in [0.15, 0.2) is 0 Å². The number of rotatable bonds is 12. The first-order valence-corrected chi connectivity index (χ1v) is 7.07. The summed E-state index contributed by atoms with van der Waals surface area (Å²) < 4.78 is 5.12. The first kappa shape index (κ1) is 19.3. The van der Waals surface area contributed by atoms with Crippen LogP contribution in [-0.4, -0.2) is 41.1 Å². The van der Waals surface area contributed by atoms with E-state index < -0.39 is 22.9 Å². The topological polar surface area (TPSA) is 101 Å². The summed E-state index contributed by atoms with van der Waals surface area (Å²) in [6.45, 7) is 7.50. The number of Topliss-reactive ketones (excluding diaryl/α,β-unsaturated/α-hetero) is 1. The van der Waals surface area contributed by atoms with Crippen molar-refractivity contribution in [1.82, 2.24) is 0 Å². The van der Waals surface area contributed by atoms with Gasteiger partial charge in [-0.1, -0.05) is 19.9 Å². The van der Waals surface area contributed by atoms with Crippen molar-refractivity contribution in [2.24, 2.45) is 5.41 Å². The van der Waals surface area contributed by atoms with Gasteiger partial charge in [-0.15, -0.1) is 0 Å². The predicted molar refractivity (Wildman–Crippen MR) is 77.1 cm³/mol. The van der Waals surface area contributed by atoms with Gasteiger partial charge in [-0.2, -0.15) is 0 Å². The third kappa shape index (κ3) is 5.67. The summed E-state index contributed by atoms with van der Waals surface area (Å²) in [5.74, 6) is -3.02. The van der Waals surface area contributed by atoms with Crippen LogP contribution in [0.2, 0.25) is 0 Å². The van der Waals surface area contributed by atoms with Crippen LogP contribution in [0.1, 0.15) is 46.0 Å². The minimum atomic E-state index is -1.80. The quantitative estimate of drug-likeness (QED) is 0.423. The Morgan fingerprint density at radius 3 is 2.24 bits per heavy atom. The number of ketones is 1. The molecular formula is C15H24O6. The average molecular weight is 300 g/mol. The standard InChI is InChI=1S/C15H24O6/c1-4-6-7-12(16)10-15(14(19)20,8-9-21-5-2)11(3)13(17)18/h3-10H2,1-2H3,(H,17,18)(H,19,20). The van der Waals surface area contributed by atoms with E-state index in [-0.39, 0.29) is 31.7 Å². The van der Waals surface area contributed by atoms with Crippen LogP contribution in [0.25, 0.3) is 0 Å². The maximum atomic E-state index is 11.9. The lowest BCUT2D eigenvalue weighted by Crippen LogP contribution is -2.39. The van der Waals surface area contributed by atoms with Crippen LogP contribution in [0.15, 0.2) is 12.2 Å². The molecule has 0 aliphatic carbocycles. The Morgan fingerprint density at radius 1 is 1.19 bits per heavy atom.